The second-order valence-electron chi connectivity index (χ2n) is 2.92. The van der Waals surface area contributed by atoms with Crippen LogP contribution in [-0.2, 0) is 0 Å². The third-order valence-corrected chi connectivity index (χ3v) is 1.99. The lowest BCUT2D eigenvalue weighted by molar-refractivity contribution is 0.628. The van der Waals surface area contributed by atoms with Gasteiger partial charge < -0.3 is 5.32 Å². The molecule has 4 heteroatoms. The van der Waals surface area contributed by atoms with Gasteiger partial charge in [0.2, 0.25) is 0 Å². The fraction of sp³-hybridized carbons (Fsp3) is 0.100. The molecule has 72 valence electrons. The third kappa shape index (κ3) is 1.59. The maximum Gasteiger partial charge on any atom is 0.148 e. The molecule has 14 heavy (non-hydrogen) atoms. The molecule has 0 aliphatic rings. The van der Waals surface area contributed by atoms with E-state index in [0.717, 1.165) is 17.1 Å². The number of H-pyrrole nitrogens is 1. The zero-order chi connectivity index (χ0) is 9.97. The van der Waals surface area contributed by atoms with Crippen molar-refractivity contribution < 1.29 is 4.39 Å². The van der Waals surface area contributed by atoms with Crippen molar-refractivity contribution in [2.45, 2.75) is 0 Å². The second-order valence-corrected chi connectivity index (χ2v) is 2.92. The lowest BCUT2D eigenvalue weighted by Crippen LogP contribution is -1.85. The first kappa shape index (κ1) is 8.74. The molecule has 0 saturated carbocycles. The first-order valence-electron chi connectivity index (χ1n) is 4.28. The summed E-state index contributed by atoms with van der Waals surface area (Å²) < 4.78 is 12.6. The molecule has 0 bridgehead atoms. The van der Waals surface area contributed by atoms with Gasteiger partial charge >= 0.3 is 0 Å². The Morgan fingerprint density at radius 2 is 2.00 bits per heavy atom. The number of halogens is 1. The number of nitrogens with zero attached hydrogens (tertiary/aromatic N) is 1. The molecule has 0 spiro atoms. The number of anilines is 1. The number of benzene rings is 1. The zero-order valence-corrected chi connectivity index (χ0v) is 7.71. The molecule has 1 heterocycles. The van der Waals surface area contributed by atoms with E-state index < -0.39 is 0 Å². The van der Waals surface area contributed by atoms with E-state index in [4.69, 9.17) is 0 Å². The first-order chi connectivity index (χ1) is 6.79. The number of rotatable bonds is 2. The lowest BCUT2D eigenvalue weighted by Gasteiger charge is -1.95. The molecule has 1 aromatic carbocycles. The highest BCUT2D eigenvalue weighted by molar-refractivity contribution is 5.62. The van der Waals surface area contributed by atoms with Crippen LogP contribution in [0.5, 0.6) is 0 Å². The maximum atomic E-state index is 12.6. The highest BCUT2D eigenvalue weighted by atomic mass is 19.1. The Morgan fingerprint density at radius 1 is 1.29 bits per heavy atom. The molecule has 0 saturated heterocycles. The fourth-order valence-corrected chi connectivity index (χ4v) is 1.23. The number of nitrogens with one attached hydrogen (secondary N) is 2. The highest BCUT2D eigenvalue weighted by Gasteiger charge is 2.01. The summed E-state index contributed by atoms with van der Waals surface area (Å²) in [6.07, 6.45) is 0. The minimum Gasteiger partial charge on any atom is -0.372 e. The number of hydrogen-bond acceptors (Lipinski definition) is 2. The molecule has 2 rings (SSSR count). The summed E-state index contributed by atoms with van der Waals surface area (Å²) in [4.78, 5) is 0. The van der Waals surface area contributed by atoms with Crippen LogP contribution in [0.2, 0.25) is 0 Å². The van der Waals surface area contributed by atoms with Crippen molar-refractivity contribution in [3.63, 3.8) is 0 Å². The van der Waals surface area contributed by atoms with Crippen molar-refractivity contribution in [3.8, 4) is 11.3 Å². The van der Waals surface area contributed by atoms with Gasteiger partial charge in [0.1, 0.15) is 11.6 Å². The van der Waals surface area contributed by atoms with Crippen LogP contribution >= 0.6 is 0 Å². The van der Waals surface area contributed by atoms with E-state index in [1.165, 1.54) is 12.1 Å². The van der Waals surface area contributed by atoms with E-state index >= 15 is 0 Å². The molecule has 1 aromatic heterocycles. The van der Waals surface area contributed by atoms with Crippen LogP contribution < -0.4 is 5.32 Å². The Labute approximate surface area is 81.0 Å². The molecule has 0 radical (unpaired) electrons. The number of hydrogen-bond donors (Lipinski definition) is 2. The molecule has 0 aliphatic carbocycles. The van der Waals surface area contributed by atoms with E-state index in [1.54, 1.807) is 19.2 Å². The predicted octanol–water partition coefficient (Wildman–Crippen LogP) is 2.26. The third-order valence-electron chi connectivity index (χ3n) is 1.99. The Balaban J connectivity index is 2.34. The molecular formula is C10H10FN3. The smallest absolute Gasteiger partial charge is 0.148 e. The summed E-state index contributed by atoms with van der Waals surface area (Å²) in [5.41, 5.74) is 1.79. The topological polar surface area (TPSA) is 40.7 Å². The highest BCUT2D eigenvalue weighted by Crippen LogP contribution is 2.19. The van der Waals surface area contributed by atoms with Crippen molar-refractivity contribution in [1.29, 1.82) is 0 Å². The van der Waals surface area contributed by atoms with Gasteiger partial charge in [0.05, 0.1) is 5.69 Å². The van der Waals surface area contributed by atoms with E-state index in [2.05, 4.69) is 15.5 Å². The second kappa shape index (κ2) is 3.49. The van der Waals surface area contributed by atoms with Gasteiger partial charge in [-0.3, -0.25) is 5.10 Å². The fourth-order valence-electron chi connectivity index (χ4n) is 1.23. The van der Waals surface area contributed by atoms with Gasteiger partial charge in [-0.15, -0.1) is 0 Å². The summed E-state index contributed by atoms with van der Waals surface area (Å²) >= 11 is 0. The van der Waals surface area contributed by atoms with Gasteiger partial charge in [0.25, 0.3) is 0 Å². The van der Waals surface area contributed by atoms with Crippen LogP contribution in [0.3, 0.4) is 0 Å². The molecule has 0 aliphatic heterocycles. The Morgan fingerprint density at radius 3 is 2.57 bits per heavy atom. The van der Waals surface area contributed by atoms with Crippen LogP contribution in [0, 0.1) is 5.82 Å². The minimum absolute atomic E-state index is 0.234. The summed E-state index contributed by atoms with van der Waals surface area (Å²) in [6, 6.07) is 8.14. The molecule has 0 atom stereocenters. The lowest BCUT2D eigenvalue weighted by atomic mass is 10.1. The van der Waals surface area contributed by atoms with E-state index in [-0.39, 0.29) is 5.82 Å². The minimum atomic E-state index is -0.234. The SMILES string of the molecule is CNc1cc(-c2ccc(F)cc2)[nH]n1. The van der Waals surface area contributed by atoms with Gasteiger partial charge in [-0.1, -0.05) is 0 Å². The van der Waals surface area contributed by atoms with Crippen molar-refractivity contribution in [2.24, 2.45) is 0 Å². The largest absolute Gasteiger partial charge is 0.372 e. The van der Waals surface area contributed by atoms with Crippen LogP contribution in [0.15, 0.2) is 30.3 Å². The van der Waals surface area contributed by atoms with Crippen molar-refractivity contribution in [1.82, 2.24) is 10.2 Å². The Hall–Kier alpha value is -1.84. The summed E-state index contributed by atoms with van der Waals surface area (Å²) in [6.45, 7) is 0. The summed E-state index contributed by atoms with van der Waals surface area (Å²) in [5, 5.41) is 9.77. The van der Waals surface area contributed by atoms with E-state index in [9.17, 15) is 4.39 Å². The number of aromatic amines is 1. The van der Waals surface area contributed by atoms with Gasteiger partial charge in [-0.2, -0.15) is 5.10 Å². The molecule has 2 N–H and O–H groups in total. The van der Waals surface area contributed by atoms with Crippen LogP contribution in [0.4, 0.5) is 10.2 Å². The van der Waals surface area contributed by atoms with Crippen LogP contribution in [0.1, 0.15) is 0 Å². The maximum absolute atomic E-state index is 12.6. The zero-order valence-electron chi connectivity index (χ0n) is 7.71. The Bertz CT molecular complexity index is 419. The summed E-state index contributed by atoms with van der Waals surface area (Å²) in [5.74, 6) is 0.534. The molecule has 0 amide bonds. The molecule has 0 fully saturated rings. The van der Waals surface area contributed by atoms with Crippen LogP contribution in [0.25, 0.3) is 11.3 Å². The monoisotopic (exact) mass is 191 g/mol. The van der Waals surface area contributed by atoms with E-state index in [1.807, 2.05) is 6.07 Å². The first-order valence-corrected chi connectivity index (χ1v) is 4.28. The summed E-state index contributed by atoms with van der Waals surface area (Å²) in [7, 11) is 1.80. The van der Waals surface area contributed by atoms with Crippen LogP contribution in [-0.4, -0.2) is 17.2 Å². The van der Waals surface area contributed by atoms with Crippen molar-refractivity contribution in [3.05, 3.63) is 36.1 Å². The standard InChI is InChI=1S/C10H10FN3/c1-12-10-6-9(13-14-10)7-2-4-8(11)5-3-7/h2-6H,1H3,(H2,12,13,14). The van der Waals surface area contributed by atoms with Crippen molar-refractivity contribution >= 4 is 5.82 Å². The van der Waals surface area contributed by atoms with Gasteiger partial charge in [0.15, 0.2) is 0 Å². The van der Waals surface area contributed by atoms with Gasteiger partial charge in [0, 0.05) is 13.1 Å². The molecule has 2 aromatic rings. The molecule has 3 nitrogen and oxygen atoms in total. The van der Waals surface area contributed by atoms with Crippen molar-refractivity contribution in [2.75, 3.05) is 12.4 Å². The normalized spacial score (nSPS) is 10.1. The number of aromatic nitrogens is 2. The molecular weight excluding hydrogens is 181 g/mol. The van der Waals surface area contributed by atoms with Gasteiger partial charge in [-0.25, -0.2) is 4.39 Å². The van der Waals surface area contributed by atoms with E-state index in [0.29, 0.717) is 0 Å². The molecule has 0 unspecified atom stereocenters. The quantitative estimate of drug-likeness (QED) is 0.764. The van der Waals surface area contributed by atoms with Gasteiger partial charge in [-0.05, 0) is 29.8 Å². The Kier molecular flexibility index (Phi) is 2.18. The predicted molar refractivity (Wildman–Crippen MR) is 53.5 cm³/mol. The average Bonchev–Trinajstić information content (AvgIpc) is 2.67. The average molecular weight is 191 g/mol.